The Kier molecular flexibility index (Phi) is 4.85. The molecule has 0 saturated heterocycles. The van der Waals surface area contributed by atoms with Crippen LogP contribution in [0.15, 0.2) is 33.5 Å². The lowest BCUT2D eigenvalue weighted by atomic mass is 10.1. The molecule has 8 heteroatoms. The van der Waals surface area contributed by atoms with Gasteiger partial charge in [0.15, 0.2) is 11.5 Å². The first-order valence-corrected chi connectivity index (χ1v) is 9.57. The van der Waals surface area contributed by atoms with Crippen molar-refractivity contribution >= 4 is 11.0 Å². The van der Waals surface area contributed by atoms with Crippen molar-refractivity contribution in [1.82, 2.24) is 19.3 Å². The van der Waals surface area contributed by atoms with Crippen molar-refractivity contribution < 1.29 is 13.9 Å². The number of pyridine rings is 1. The van der Waals surface area contributed by atoms with Crippen molar-refractivity contribution in [3.05, 3.63) is 57.3 Å². The third-order valence-corrected chi connectivity index (χ3v) is 5.28. The largest absolute Gasteiger partial charge is 0.493 e. The zero-order valence-electron chi connectivity index (χ0n) is 17.9. The summed E-state index contributed by atoms with van der Waals surface area (Å²) in [6, 6.07) is 7.16. The molecule has 156 valence electrons. The van der Waals surface area contributed by atoms with Gasteiger partial charge in [-0.3, -0.25) is 14.0 Å². The van der Waals surface area contributed by atoms with Gasteiger partial charge in [0.2, 0.25) is 5.89 Å². The zero-order valence-corrected chi connectivity index (χ0v) is 17.9. The number of rotatable bonds is 5. The quantitative estimate of drug-likeness (QED) is 0.503. The van der Waals surface area contributed by atoms with Crippen LogP contribution in [0.25, 0.3) is 22.5 Å². The third kappa shape index (κ3) is 3.04. The summed E-state index contributed by atoms with van der Waals surface area (Å²) >= 11 is 0. The molecule has 0 aliphatic heterocycles. The average Bonchev–Trinajstić information content (AvgIpc) is 3.23. The van der Waals surface area contributed by atoms with Crippen LogP contribution < -0.4 is 15.0 Å². The molecule has 0 N–H and O–H groups in total. The Labute approximate surface area is 173 Å². The number of oxazole rings is 1. The van der Waals surface area contributed by atoms with Gasteiger partial charge >= 0.3 is 0 Å². The van der Waals surface area contributed by atoms with E-state index in [9.17, 15) is 4.79 Å². The van der Waals surface area contributed by atoms with Crippen LogP contribution in [0.5, 0.6) is 11.5 Å². The second-order valence-corrected chi connectivity index (χ2v) is 7.22. The summed E-state index contributed by atoms with van der Waals surface area (Å²) in [5.74, 6) is 2.18. The Hall–Kier alpha value is -3.55. The van der Waals surface area contributed by atoms with Gasteiger partial charge in [0.05, 0.1) is 32.0 Å². The van der Waals surface area contributed by atoms with Gasteiger partial charge in [-0.05, 0) is 38.5 Å². The molecule has 30 heavy (non-hydrogen) atoms. The molecule has 0 aliphatic rings. The number of aryl methyl sites for hydroxylation is 4. The fourth-order valence-corrected chi connectivity index (χ4v) is 3.91. The third-order valence-electron chi connectivity index (χ3n) is 5.28. The molecule has 0 unspecified atom stereocenters. The number of ether oxygens (including phenoxy) is 2. The van der Waals surface area contributed by atoms with E-state index in [1.165, 1.54) is 0 Å². The lowest BCUT2D eigenvalue weighted by Crippen LogP contribution is -2.23. The van der Waals surface area contributed by atoms with Crippen LogP contribution in [0, 0.1) is 20.8 Å². The summed E-state index contributed by atoms with van der Waals surface area (Å²) < 4.78 is 20.2. The predicted octanol–water partition coefficient (Wildman–Crippen LogP) is 3.38. The Morgan fingerprint density at radius 3 is 2.60 bits per heavy atom. The minimum atomic E-state index is -0.106. The SMILES string of the molecule is COc1cccc(-c2nc(Cn3c(=O)cc(C)c4c(C)nn(C)c43)c(C)o2)c1OC. The lowest BCUT2D eigenvalue weighted by Gasteiger charge is -2.10. The molecule has 0 amide bonds. The van der Waals surface area contributed by atoms with Crippen molar-refractivity contribution in [1.29, 1.82) is 0 Å². The van der Waals surface area contributed by atoms with Crippen molar-refractivity contribution in [2.75, 3.05) is 14.2 Å². The fraction of sp³-hybridized carbons (Fsp3) is 0.318. The van der Waals surface area contributed by atoms with Crippen molar-refractivity contribution in [3.8, 4) is 23.0 Å². The Bertz CT molecular complexity index is 1310. The number of para-hydroxylation sites is 1. The highest BCUT2D eigenvalue weighted by Gasteiger charge is 2.20. The molecule has 0 aliphatic carbocycles. The number of hydrogen-bond donors (Lipinski definition) is 0. The van der Waals surface area contributed by atoms with E-state index in [1.54, 1.807) is 29.5 Å². The number of methoxy groups -OCH3 is 2. The number of hydrogen-bond acceptors (Lipinski definition) is 6. The molecule has 1 aromatic carbocycles. The fourth-order valence-electron chi connectivity index (χ4n) is 3.91. The molecule has 4 aromatic rings. The highest BCUT2D eigenvalue weighted by Crippen LogP contribution is 2.38. The number of benzene rings is 1. The molecule has 3 aromatic heterocycles. The first-order chi connectivity index (χ1) is 14.3. The molecule has 0 atom stereocenters. The van der Waals surface area contributed by atoms with Crippen LogP contribution in [-0.2, 0) is 13.6 Å². The zero-order chi connectivity index (χ0) is 21.6. The molecule has 8 nitrogen and oxygen atoms in total. The molecule has 0 fully saturated rings. The van der Waals surface area contributed by atoms with E-state index in [4.69, 9.17) is 13.9 Å². The Balaban J connectivity index is 1.83. The highest BCUT2D eigenvalue weighted by atomic mass is 16.5. The minimum Gasteiger partial charge on any atom is -0.493 e. The van der Waals surface area contributed by atoms with Gasteiger partial charge in [-0.15, -0.1) is 0 Å². The van der Waals surface area contributed by atoms with Crippen molar-refractivity contribution in [2.45, 2.75) is 27.3 Å². The van der Waals surface area contributed by atoms with E-state index in [0.717, 1.165) is 22.3 Å². The first kappa shape index (κ1) is 19.8. The minimum absolute atomic E-state index is 0.106. The van der Waals surface area contributed by atoms with Gasteiger partial charge in [-0.1, -0.05) is 6.07 Å². The molecule has 0 spiro atoms. The standard InChI is InChI=1S/C22H24N4O4/c1-12-10-18(27)26(22-19(12)13(2)24-25(22)4)11-16-14(3)30-21(23-16)15-8-7-9-17(28-5)20(15)29-6/h7-10H,11H2,1-6H3. The number of aromatic nitrogens is 4. The van der Waals surface area contributed by atoms with Crippen LogP contribution in [0.2, 0.25) is 0 Å². The second-order valence-electron chi connectivity index (χ2n) is 7.22. The van der Waals surface area contributed by atoms with Gasteiger partial charge in [0.25, 0.3) is 5.56 Å². The molecule has 0 bridgehead atoms. The van der Waals surface area contributed by atoms with Gasteiger partial charge in [-0.2, -0.15) is 5.10 Å². The van der Waals surface area contributed by atoms with Crippen LogP contribution in [0.3, 0.4) is 0 Å². The summed E-state index contributed by atoms with van der Waals surface area (Å²) in [6.07, 6.45) is 0. The molecule has 0 radical (unpaired) electrons. The molecular weight excluding hydrogens is 384 g/mol. The maximum absolute atomic E-state index is 12.8. The van der Waals surface area contributed by atoms with E-state index in [2.05, 4.69) is 10.1 Å². The summed E-state index contributed by atoms with van der Waals surface area (Å²) in [4.78, 5) is 17.5. The number of fused-ring (bicyclic) bond motifs is 1. The topological polar surface area (TPSA) is 84.3 Å². The lowest BCUT2D eigenvalue weighted by molar-refractivity contribution is 0.355. The van der Waals surface area contributed by atoms with Crippen molar-refractivity contribution in [3.63, 3.8) is 0 Å². The highest BCUT2D eigenvalue weighted by molar-refractivity contribution is 5.82. The van der Waals surface area contributed by atoms with E-state index in [-0.39, 0.29) is 12.1 Å². The molecule has 4 rings (SSSR count). The van der Waals surface area contributed by atoms with E-state index < -0.39 is 0 Å². The normalized spacial score (nSPS) is 11.3. The van der Waals surface area contributed by atoms with Crippen molar-refractivity contribution in [2.24, 2.45) is 7.05 Å². The molecule has 3 heterocycles. The molecular formula is C22H24N4O4. The van der Waals surface area contributed by atoms with Gasteiger partial charge in [-0.25, -0.2) is 4.98 Å². The first-order valence-electron chi connectivity index (χ1n) is 9.57. The van der Waals surface area contributed by atoms with Gasteiger partial charge in [0, 0.05) is 18.5 Å². The Morgan fingerprint density at radius 2 is 1.90 bits per heavy atom. The second kappa shape index (κ2) is 7.37. The predicted molar refractivity (Wildman–Crippen MR) is 113 cm³/mol. The Morgan fingerprint density at radius 1 is 1.13 bits per heavy atom. The van der Waals surface area contributed by atoms with Crippen LogP contribution in [0.4, 0.5) is 0 Å². The molecule has 0 saturated carbocycles. The van der Waals surface area contributed by atoms with E-state index >= 15 is 0 Å². The summed E-state index contributed by atoms with van der Waals surface area (Å²) in [7, 11) is 5.00. The van der Waals surface area contributed by atoms with E-state index in [0.29, 0.717) is 34.4 Å². The average molecular weight is 408 g/mol. The summed E-state index contributed by atoms with van der Waals surface area (Å²) in [6.45, 7) is 5.98. The van der Waals surface area contributed by atoms with Crippen LogP contribution in [-0.4, -0.2) is 33.6 Å². The maximum Gasteiger partial charge on any atom is 0.252 e. The monoisotopic (exact) mass is 408 g/mol. The maximum atomic E-state index is 12.8. The number of nitrogens with zero attached hydrogens (tertiary/aromatic N) is 4. The summed E-state index contributed by atoms with van der Waals surface area (Å²) in [5, 5.41) is 5.47. The van der Waals surface area contributed by atoms with Gasteiger partial charge < -0.3 is 13.9 Å². The smallest absolute Gasteiger partial charge is 0.252 e. The van der Waals surface area contributed by atoms with Crippen LogP contribution >= 0.6 is 0 Å². The van der Waals surface area contributed by atoms with Crippen LogP contribution in [0.1, 0.15) is 22.7 Å². The van der Waals surface area contributed by atoms with Gasteiger partial charge in [0.1, 0.15) is 17.1 Å². The summed E-state index contributed by atoms with van der Waals surface area (Å²) in [5.41, 5.74) is 3.81. The van der Waals surface area contributed by atoms with E-state index in [1.807, 2.05) is 46.0 Å².